The van der Waals surface area contributed by atoms with Crippen molar-refractivity contribution in [3.05, 3.63) is 53.6 Å². The molecule has 0 bridgehead atoms. The van der Waals surface area contributed by atoms with Gasteiger partial charge in [-0.05, 0) is 49.4 Å². The number of hydrogen-bond donors (Lipinski definition) is 2. The Morgan fingerprint density at radius 2 is 1.54 bits per heavy atom. The van der Waals surface area contributed by atoms with Gasteiger partial charge < -0.3 is 15.0 Å². The molecule has 0 saturated carbocycles. The first-order chi connectivity index (χ1) is 22.1. The van der Waals surface area contributed by atoms with Gasteiger partial charge in [0.05, 0.1) is 22.1 Å². The number of nitrogens with zero attached hydrogens (tertiary/aromatic N) is 3. The number of nitrogens with one attached hydrogen (secondary N) is 2. The number of hydrogen-bond acceptors (Lipinski definition) is 6. The number of aryl methyl sites for hydroxylation is 1. The van der Waals surface area contributed by atoms with Crippen LogP contribution < -0.4 is 5.32 Å². The van der Waals surface area contributed by atoms with Gasteiger partial charge in [-0.1, -0.05) is 104 Å². The summed E-state index contributed by atoms with van der Waals surface area (Å²) in [5, 5.41) is 2.83. The molecule has 1 atom stereocenters. The van der Waals surface area contributed by atoms with Gasteiger partial charge in [0.25, 0.3) is 0 Å². The van der Waals surface area contributed by atoms with Gasteiger partial charge in [0.2, 0.25) is 10.0 Å². The monoisotopic (exact) mass is 655 g/mol. The van der Waals surface area contributed by atoms with Crippen LogP contribution in [0.25, 0.3) is 11.0 Å². The van der Waals surface area contributed by atoms with Crippen LogP contribution in [0.4, 0.5) is 4.79 Å². The van der Waals surface area contributed by atoms with Crippen LogP contribution >= 0.6 is 0 Å². The molecule has 1 amide bonds. The molecule has 46 heavy (non-hydrogen) atoms. The van der Waals surface area contributed by atoms with E-state index in [4.69, 9.17) is 4.74 Å². The summed E-state index contributed by atoms with van der Waals surface area (Å²) in [6, 6.07) is 8.31. The van der Waals surface area contributed by atoms with Crippen LogP contribution in [-0.2, 0) is 21.2 Å². The first kappa shape index (κ1) is 37.5. The number of rotatable bonds is 22. The Hall–Kier alpha value is -2.98. The smallest absolute Gasteiger partial charge is 0.407 e. The molecule has 0 radical (unpaired) electrons. The molecule has 0 saturated heterocycles. The lowest BCUT2D eigenvalue weighted by Crippen LogP contribution is -2.42. The molecule has 0 fully saturated rings. The van der Waals surface area contributed by atoms with Gasteiger partial charge in [0, 0.05) is 26.2 Å². The number of ether oxygens (including phenoxy) is 1. The van der Waals surface area contributed by atoms with Gasteiger partial charge in [0.15, 0.2) is 0 Å². The lowest BCUT2D eigenvalue weighted by atomic mass is 10.0. The van der Waals surface area contributed by atoms with Crippen LogP contribution in [0, 0.1) is 12.8 Å². The number of carbonyl (C=O) groups is 1. The normalized spacial score (nSPS) is 12.7. The molecule has 0 spiro atoms. The summed E-state index contributed by atoms with van der Waals surface area (Å²) in [5.41, 5.74) is 3.53. The number of sulfonamides is 1. The van der Waals surface area contributed by atoms with E-state index in [0.29, 0.717) is 19.4 Å². The van der Waals surface area contributed by atoms with Crippen molar-refractivity contribution in [3.63, 3.8) is 0 Å². The van der Waals surface area contributed by atoms with Gasteiger partial charge >= 0.3 is 6.09 Å². The highest BCUT2D eigenvalue weighted by Gasteiger charge is 2.29. The lowest BCUT2D eigenvalue weighted by molar-refractivity contribution is 0.115. The van der Waals surface area contributed by atoms with E-state index in [1.165, 1.54) is 68.5 Å². The number of benzene rings is 1. The number of aromatic amines is 1. The number of alkyl carbamates (subject to hydrolysis) is 1. The molecule has 0 aliphatic heterocycles. The number of aromatic nitrogens is 3. The van der Waals surface area contributed by atoms with Crippen molar-refractivity contribution in [3.8, 4) is 0 Å². The zero-order chi connectivity index (χ0) is 33.4. The fourth-order valence-electron chi connectivity index (χ4n) is 5.82. The second-order valence-electron chi connectivity index (χ2n) is 13.0. The van der Waals surface area contributed by atoms with E-state index in [2.05, 4.69) is 27.2 Å². The largest absolute Gasteiger partial charge is 0.448 e. The van der Waals surface area contributed by atoms with Crippen molar-refractivity contribution in [1.29, 1.82) is 0 Å². The van der Waals surface area contributed by atoms with Gasteiger partial charge in [-0.2, -0.15) is 4.31 Å². The maximum Gasteiger partial charge on any atom is 0.407 e. The second kappa shape index (κ2) is 19.6. The average Bonchev–Trinajstić information content (AvgIpc) is 3.42. The van der Waals surface area contributed by atoms with Crippen molar-refractivity contribution in [2.45, 2.75) is 129 Å². The summed E-state index contributed by atoms with van der Waals surface area (Å²) in [7, 11) is -2.24. The minimum atomic E-state index is -3.81. The quantitative estimate of drug-likeness (QED) is 0.105. The lowest BCUT2D eigenvalue weighted by Gasteiger charge is -2.28. The van der Waals surface area contributed by atoms with E-state index in [1.807, 2.05) is 39.0 Å². The Bertz CT molecular complexity index is 1420. The van der Waals surface area contributed by atoms with E-state index in [-0.39, 0.29) is 17.4 Å². The summed E-state index contributed by atoms with van der Waals surface area (Å²) in [5.74, 6) is 1.05. The number of H-pyrrole nitrogens is 1. The van der Waals surface area contributed by atoms with Crippen LogP contribution in [0.3, 0.4) is 0 Å². The second-order valence-corrected chi connectivity index (χ2v) is 15.0. The fourth-order valence-corrected chi connectivity index (χ4v) is 7.17. The topological polar surface area (TPSA) is 117 Å². The number of unbranched alkanes of at least 4 members (excludes halogenated alkanes) is 11. The maximum absolute atomic E-state index is 13.6. The molecule has 3 rings (SSSR count). The third-order valence-electron chi connectivity index (χ3n) is 8.53. The molecule has 0 aliphatic carbocycles. The zero-order valence-corrected chi connectivity index (χ0v) is 29.6. The van der Waals surface area contributed by atoms with Crippen LogP contribution in [0.2, 0.25) is 0 Å². The summed E-state index contributed by atoms with van der Waals surface area (Å²) in [6.07, 6.45) is 17.5. The first-order valence-electron chi connectivity index (χ1n) is 17.4. The van der Waals surface area contributed by atoms with E-state index >= 15 is 0 Å². The molecule has 10 heteroatoms. The summed E-state index contributed by atoms with van der Waals surface area (Å²) in [4.78, 5) is 24.9. The van der Waals surface area contributed by atoms with Crippen molar-refractivity contribution >= 4 is 27.1 Å². The highest BCUT2D eigenvalue weighted by Crippen LogP contribution is 2.23. The van der Waals surface area contributed by atoms with Crippen LogP contribution in [-0.4, -0.2) is 60.0 Å². The Labute approximate surface area is 277 Å². The van der Waals surface area contributed by atoms with Gasteiger partial charge in [-0.3, -0.25) is 4.98 Å². The number of likely N-dealkylation sites (N-methyl/N-ethyl adjacent to an activating group) is 1. The molecule has 2 aromatic heterocycles. The zero-order valence-electron chi connectivity index (χ0n) is 28.8. The first-order valence-corrected chi connectivity index (χ1v) is 18.8. The third kappa shape index (κ3) is 12.3. The predicted octanol–water partition coefficient (Wildman–Crippen LogP) is 8.32. The molecule has 9 nitrogen and oxygen atoms in total. The minimum Gasteiger partial charge on any atom is -0.448 e. The van der Waals surface area contributed by atoms with E-state index in [9.17, 15) is 13.2 Å². The fraction of sp³-hybridized carbons (Fsp3) is 0.639. The number of imidazole rings is 1. The van der Waals surface area contributed by atoms with Gasteiger partial charge in [-0.25, -0.2) is 18.2 Å². The third-order valence-corrected chi connectivity index (χ3v) is 10.5. The molecule has 256 valence electrons. The molecular weight excluding hydrogens is 598 g/mol. The molecule has 0 unspecified atom stereocenters. The summed E-state index contributed by atoms with van der Waals surface area (Å²) >= 11 is 0. The number of pyridine rings is 1. The molecule has 3 aromatic rings. The average molecular weight is 656 g/mol. The Balaban J connectivity index is 1.42. The van der Waals surface area contributed by atoms with Crippen LogP contribution in [0.15, 0.2) is 41.4 Å². The summed E-state index contributed by atoms with van der Waals surface area (Å²) in [6.45, 7) is 8.79. The molecule has 2 N–H and O–H groups in total. The number of fused-ring (bicyclic) bond motifs is 1. The number of carbonyl (C=O) groups excluding carboxylic acids is 1. The van der Waals surface area contributed by atoms with Crippen LogP contribution in [0.1, 0.15) is 121 Å². The molecular formula is C36H57N5O4S. The standard InChI is InChI=1S/C36H57N5O4S/c1-6-7-8-9-10-11-12-13-14-15-16-17-23-38-36(42)45-27-31(25-28(2)3)41(5)46(43,44)32-20-18-30(19-21-32)26-34-35-33(22-24-37-34)39-29(4)40-35/h18-22,24,28,31H,6-17,23,25-27H2,1-5H3,(H,38,42)(H,39,40)/t31-/m0/s1. The van der Waals surface area contributed by atoms with Crippen molar-refractivity contribution in [2.24, 2.45) is 5.92 Å². The predicted molar refractivity (Wildman–Crippen MR) is 186 cm³/mol. The Kier molecular flexibility index (Phi) is 16.0. The maximum atomic E-state index is 13.6. The SMILES string of the molecule is CCCCCCCCCCCCCCNC(=O)OC[C@H](CC(C)C)N(C)S(=O)(=O)c1ccc(Cc2nccc3[nH]c(C)nc23)cc1. The Morgan fingerprint density at radius 3 is 2.15 bits per heavy atom. The van der Waals surface area contributed by atoms with Gasteiger partial charge in [-0.15, -0.1) is 0 Å². The van der Waals surface area contributed by atoms with Crippen molar-refractivity contribution in [2.75, 3.05) is 20.2 Å². The highest BCUT2D eigenvalue weighted by molar-refractivity contribution is 7.89. The molecule has 0 aliphatic rings. The van der Waals surface area contributed by atoms with Crippen molar-refractivity contribution in [1.82, 2.24) is 24.6 Å². The van der Waals surface area contributed by atoms with Crippen molar-refractivity contribution < 1.29 is 17.9 Å². The molecule has 2 heterocycles. The summed E-state index contributed by atoms with van der Waals surface area (Å²) < 4.78 is 34.1. The van der Waals surface area contributed by atoms with E-state index in [0.717, 1.165) is 41.0 Å². The molecule has 1 aromatic carbocycles. The van der Waals surface area contributed by atoms with Crippen LogP contribution in [0.5, 0.6) is 0 Å². The highest BCUT2D eigenvalue weighted by atomic mass is 32.2. The van der Waals surface area contributed by atoms with Gasteiger partial charge in [0.1, 0.15) is 17.9 Å². The van der Waals surface area contributed by atoms with E-state index < -0.39 is 22.2 Å². The van der Waals surface area contributed by atoms with E-state index in [1.54, 1.807) is 25.4 Å². The minimum absolute atomic E-state index is 0.00493. The Morgan fingerprint density at radius 1 is 0.935 bits per heavy atom. The number of amides is 1.